The van der Waals surface area contributed by atoms with Gasteiger partial charge in [-0.05, 0) is 18.9 Å². The average molecular weight is 430 g/mol. The van der Waals surface area contributed by atoms with Crippen molar-refractivity contribution < 1.29 is 19.1 Å². The van der Waals surface area contributed by atoms with Crippen molar-refractivity contribution in [2.75, 3.05) is 50.7 Å². The number of hydrogen-bond donors (Lipinski definition) is 2. The van der Waals surface area contributed by atoms with E-state index in [2.05, 4.69) is 10.6 Å². The molecule has 0 aliphatic carbocycles. The van der Waals surface area contributed by atoms with Gasteiger partial charge in [-0.25, -0.2) is 0 Å². The molecule has 1 aromatic rings. The Bertz CT molecular complexity index is 692. The number of carbonyl (C=O) groups excluding carboxylic acids is 2. The molecule has 156 valence electrons. The Balaban J connectivity index is 0.00000280. The van der Waals surface area contributed by atoms with E-state index in [1.54, 1.807) is 12.1 Å². The van der Waals surface area contributed by atoms with Crippen molar-refractivity contribution in [1.82, 2.24) is 10.2 Å². The molecular weight excluding hydrogens is 402 g/mol. The average Bonchev–Trinajstić information content (AvgIpc) is 3.22. The van der Waals surface area contributed by atoms with E-state index in [4.69, 9.17) is 9.47 Å². The largest absolute Gasteiger partial charge is 0.493 e. The third kappa shape index (κ3) is 5.46. The molecule has 3 rings (SSSR count). The van der Waals surface area contributed by atoms with Gasteiger partial charge in [-0.1, -0.05) is 0 Å². The number of hydrogen-bond acceptors (Lipinski definition) is 6. The molecule has 0 saturated carbocycles. The van der Waals surface area contributed by atoms with Gasteiger partial charge in [-0.3, -0.25) is 9.59 Å². The summed E-state index contributed by atoms with van der Waals surface area (Å²) in [5.41, 5.74) is 0.909. The lowest BCUT2D eigenvalue weighted by molar-refractivity contribution is -0.116. The van der Waals surface area contributed by atoms with Crippen molar-refractivity contribution in [3.05, 3.63) is 17.7 Å². The highest BCUT2D eigenvalue weighted by molar-refractivity contribution is 7.99. The maximum atomic E-state index is 13.0. The minimum atomic E-state index is -0.113. The van der Waals surface area contributed by atoms with Gasteiger partial charge >= 0.3 is 0 Å². The Morgan fingerprint density at radius 1 is 1.21 bits per heavy atom. The van der Waals surface area contributed by atoms with Gasteiger partial charge in [0.25, 0.3) is 5.91 Å². The van der Waals surface area contributed by atoms with Crippen LogP contribution in [0.25, 0.3) is 0 Å². The normalized spacial score (nSPS) is 18.9. The molecule has 28 heavy (non-hydrogen) atoms. The molecule has 9 heteroatoms. The maximum Gasteiger partial charge on any atom is 0.256 e. The van der Waals surface area contributed by atoms with Crippen LogP contribution in [-0.4, -0.2) is 68.1 Å². The molecule has 2 aliphatic heterocycles. The quantitative estimate of drug-likeness (QED) is 0.722. The zero-order valence-electron chi connectivity index (χ0n) is 16.3. The van der Waals surface area contributed by atoms with Crippen LogP contribution in [0.3, 0.4) is 0 Å². The van der Waals surface area contributed by atoms with Crippen molar-refractivity contribution in [2.24, 2.45) is 0 Å². The number of carbonyl (C=O) groups is 2. The van der Waals surface area contributed by atoms with Crippen LogP contribution in [0.15, 0.2) is 12.1 Å². The molecule has 0 spiro atoms. The minimum Gasteiger partial charge on any atom is -0.493 e. The summed E-state index contributed by atoms with van der Waals surface area (Å²) in [5.74, 6) is 2.74. The topological polar surface area (TPSA) is 79.9 Å². The number of methoxy groups -OCH3 is 2. The van der Waals surface area contributed by atoms with E-state index in [0.717, 1.165) is 44.0 Å². The molecule has 0 bridgehead atoms. The Morgan fingerprint density at radius 2 is 1.89 bits per heavy atom. The number of ether oxygens (including phenoxy) is 2. The lowest BCUT2D eigenvalue weighted by Gasteiger charge is -2.23. The Kier molecular flexibility index (Phi) is 8.72. The van der Waals surface area contributed by atoms with Crippen LogP contribution in [0, 0.1) is 0 Å². The van der Waals surface area contributed by atoms with E-state index >= 15 is 0 Å². The number of anilines is 1. The molecule has 2 fully saturated rings. The molecule has 1 atom stereocenters. The zero-order valence-corrected chi connectivity index (χ0v) is 17.9. The third-order valence-corrected chi connectivity index (χ3v) is 5.98. The van der Waals surface area contributed by atoms with Gasteiger partial charge in [0, 0.05) is 49.7 Å². The van der Waals surface area contributed by atoms with Gasteiger partial charge < -0.3 is 25.0 Å². The number of benzene rings is 1. The molecule has 0 radical (unpaired) electrons. The molecule has 2 N–H and O–H groups in total. The van der Waals surface area contributed by atoms with Gasteiger partial charge in [-0.15, -0.1) is 12.4 Å². The lowest BCUT2D eigenvalue weighted by atomic mass is 10.1. The van der Waals surface area contributed by atoms with E-state index in [-0.39, 0.29) is 30.3 Å². The van der Waals surface area contributed by atoms with Crippen LogP contribution in [-0.2, 0) is 4.79 Å². The van der Waals surface area contributed by atoms with Crippen LogP contribution in [0.2, 0.25) is 0 Å². The summed E-state index contributed by atoms with van der Waals surface area (Å²) < 4.78 is 10.7. The number of likely N-dealkylation sites (tertiary alicyclic amines) is 1. The van der Waals surface area contributed by atoms with Crippen molar-refractivity contribution >= 4 is 41.7 Å². The fraction of sp³-hybridized carbons (Fsp3) is 0.579. The third-order valence-electron chi connectivity index (χ3n) is 4.85. The first-order chi connectivity index (χ1) is 13.1. The Hall–Kier alpha value is -1.64. The highest BCUT2D eigenvalue weighted by atomic mass is 35.5. The second-order valence-electron chi connectivity index (χ2n) is 6.73. The summed E-state index contributed by atoms with van der Waals surface area (Å²) in [6, 6.07) is 3.48. The molecule has 1 unspecified atom stereocenters. The molecule has 2 heterocycles. The van der Waals surface area contributed by atoms with Crippen molar-refractivity contribution in [2.45, 2.75) is 25.3 Å². The molecule has 2 saturated heterocycles. The fourth-order valence-electron chi connectivity index (χ4n) is 3.43. The second-order valence-corrected chi connectivity index (χ2v) is 7.88. The smallest absolute Gasteiger partial charge is 0.256 e. The first kappa shape index (κ1) is 22.6. The number of amides is 2. The molecule has 1 aromatic carbocycles. The SMILES string of the molecule is COc1cc(NC(=O)CC2CSCCN2)c(C(=O)N2CCCC2)cc1OC.Cl. The first-order valence-corrected chi connectivity index (χ1v) is 10.4. The van der Waals surface area contributed by atoms with Gasteiger partial charge in [0.15, 0.2) is 11.5 Å². The lowest BCUT2D eigenvalue weighted by Crippen LogP contribution is -2.40. The van der Waals surface area contributed by atoms with E-state index in [0.29, 0.717) is 29.2 Å². The standard InChI is InChI=1S/C19H27N3O4S.ClH/c1-25-16-10-14(19(24)22-6-3-4-7-22)15(11-17(16)26-2)21-18(23)9-13-12-27-8-5-20-13;/h10-11,13,20H,3-9,12H2,1-2H3,(H,21,23);1H. The van der Waals surface area contributed by atoms with Gasteiger partial charge in [-0.2, -0.15) is 11.8 Å². The Morgan fingerprint density at radius 3 is 2.50 bits per heavy atom. The summed E-state index contributed by atoms with van der Waals surface area (Å²) in [7, 11) is 3.07. The molecule has 7 nitrogen and oxygen atoms in total. The number of rotatable bonds is 6. The summed E-state index contributed by atoms with van der Waals surface area (Å²) in [6.07, 6.45) is 2.39. The molecular formula is C19H28ClN3O4S. The van der Waals surface area contributed by atoms with Crippen LogP contribution in [0.5, 0.6) is 11.5 Å². The fourth-order valence-corrected chi connectivity index (χ4v) is 4.37. The number of nitrogens with one attached hydrogen (secondary N) is 2. The second kappa shape index (κ2) is 10.8. The molecule has 2 amide bonds. The molecule has 0 aromatic heterocycles. The maximum absolute atomic E-state index is 13.0. The van der Waals surface area contributed by atoms with Gasteiger partial charge in [0.2, 0.25) is 5.91 Å². The van der Waals surface area contributed by atoms with Crippen molar-refractivity contribution in [3.63, 3.8) is 0 Å². The van der Waals surface area contributed by atoms with Crippen LogP contribution in [0.1, 0.15) is 29.6 Å². The number of halogens is 1. The zero-order chi connectivity index (χ0) is 19.2. The predicted octanol–water partition coefficient (Wildman–Crippen LogP) is 2.40. The number of thioether (sulfide) groups is 1. The highest BCUT2D eigenvalue weighted by Gasteiger charge is 2.25. The van der Waals surface area contributed by atoms with Crippen molar-refractivity contribution in [3.8, 4) is 11.5 Å². The van der Waals surface area contributed by atoms with Crippen LogP contribution in [0.4, 0.5) is 5.69 Å². The summed E-state index contributed by atoms with van der Waals surface area (Å²) in [6.45, 7) is 2.39. The summed E-state index contributed by atoms with van der Waals surface area (Å²) in [5, 5.41) is 6.27. The van der Waals surface area contributed by atoms with Crippen LogP contribution >= 0.6 is 24.2 Å². The minimum absolute atomic E-state index is 0. The van der Waals surface area contributed by atoms with E-state index < -0.39 is 0 Å². The highest BCUT2D eigenvalue weighted by Crippen LogP contribution is 2.34. The van der Waals surface area contributed by atoms with Gasteiger partial charge in [0.05, 0.1) is 25.5 Å². The van der Waals surface area contributed by atoms with Gasteiger partial charge in [0.1, 0.15) is 0 Å². The van der Waals surface area contributed by atoms with E-state index in [9.17, 15) is 9.59 Å². The number of nitrogens with zero attached hydrogens (tertiary/aromatic N) is 1. The van der Waals surface area contributed by atoms with Crippen molar-refractivity contribution in [1.29, 1.82) is 0 Å². The first-order valence-electron chi connectivity index (χ1n) is 9.28. The Labute approximate surface area is 176 Å². The summed E-state index contributed by atoms with van der Waals surface area (Å²) >= 11 is 1.85. The monoisotopic (exact) mass is 429 g/mol. The summed E-state index contributed by atoms with van der Waals surface area (Å²) in [4.78, 5) is 27.4. The van der Waals surface area contributed by atoms with E-state index in [1.807, 2.05) is 16.7 Å². The molecule has 2 aliphatic rings. The van der Waals surface area contributed by atoms with E-state index in [1.165, 1.54) is 14.2 Å². The predicted molar refractivity (Wildman–Crippen MR) is 114 cm³/mol. The van der Waals surface area contributed by atoms with Crippen LogP contribution < -0.4 is 20.1 Å².